The summed E-state index contributed by atoms with van der Waals surface area (Å²) in [6.45, 7) is 9.09. The van der Waals surface area contributed by atoms with Crippen LogP contribution in [0.15, 0.2) is 35.3 Å². The molecule has 35 heteroatoms. The maximum absolute atomic E-state index is 14.6. The highest BCUT2D eigenvalue weighted by Gasteiger charge is 2.37. The lowest BCUT2D eigenvalue weighted by atomic mass is 10.00. The lowest BCUT2D eigenvalue weighted by molar-refractivity contribution is -0.145. The van der Waals surface area contributed by atoms with Crippen molar-refractivity contribution >= 4 is 76.9 Å². The molecule has 0 aliphatic heterocycles. The molecule has 35 nitrogen and oxygen atoms in total. The molecular formula is C61H110N20O15. The van der Waals surface area contributed by atoms with Gasteiger partial charge in [-0.1, -0.05) is 70.9 Å². The SMILES string of the molecule is CC(C)CCCCC(=O)N[C@@H](CCN)C(=O)N[C@H](C(=O)N[C@@H](CCN)C(=O)N[C@@H](CCN)C(=O)N[C@@H](CCN)C(=O)N[C@H](Cc1ccccc1)C(=O)N[C@@H](CC(C)C)C(=O)N[C@@H](CCN)C(=O)N[C@@H](CCNC(=O)[C@@H](N)CCCN=C(N)N)C(=O)N[C@H](C(=O)O)[C@@H](C)O)[C@@H](C)O. The van der Waals surface area contributed by atoms with Crippen LogP contribution in [0, 0.1) is 11.8 Å². The van der Waals surface area contributed by atoms with Crippen LogP contribution in [0.5, 0.6) is 0 Å². The van der Waals surface area contributed by atoms with E-state index in [0.29, 0.717) is 24.3 Å². The molecule has 0 aromatic heterocycles. The molecule has 1 rings (SSSR count). The second-order valence-electron chi connectivity index (χ2n) is 24.3. The molecule has 30 N–H and O–H groups in total. The number of aliphatic hydroxyl groups is 2. The smallest absolute Gasteiger partial charge is 0.328 e. The number of rotatable bonds is 49. The Hall–Kier alpha value is -8.19. The van der Waals surface area contributed by atoms with Crippen molar-refractivity contribution in [3.8, 4) is 0 Å². The Bertz CT molecular complexity index is 2650. The van der Waals surface area contributed by atoms with Crippen molar-refractivity contribution in [1.29, 1.82) is 0 Å². The quantitative estimate of drug-likeness (QED) is 0.0164. The van der Waals surface area contributed by atoms with Crippen molar-refractivity contribution in [1.82, 2.24) is 58.5 Å². The number of benzene rings is 1. The van der Waals surface area contributed by atoms with Gasteiger partial charge in [0.25, 0.3) is 0 Å². The van der Waals surface area contributed by atoms with E-state index in [2.05, 4.69) is 77.3 Å². The molecule has 0 radical (unpaired) electrons. The van der Waals surface area contributed by atoms with E-state index >= 15 is 0 Å². The predicted octanol–water partition coefficient (Wildman–Crippen LogP) is -7.18. The molecular weight excluding hydrogens is 1250 g/mol. The second-order valence-corrected chi connectivity index (χ2v) is 24.3. The summed E-state index contributed by atoms with van der Waals surface area (Å²) in [6, 6.07) is -7.63. The summed E-state index contributed by atoms with van der Waals surface area (Å²) in [6.07, 6.45) is -1.61. The number of aliphatic carboxylic acids is 1. The fourth-order valence-electron chi connectivity index (χ4n) is 9.63. The van der Waals surface area contributed by atoms with Crippen molar-refractivity contribution in [2.45, 2.75) is 210 Å². The monoisotopic (exact) mass is 1360 g/mol. The van der Waals surface area contributed by atoms with Gasteiger partial charge >= 0.3 is 5.97 Å². The van der Waals surface area contributed by atoms with Crippen molar-refractivity contribution in [2.24, 2.45) is 62.7 Å². The number of carboxylic acids is 1. The minimum atomic E-state index is -1.83. The summed E-state index contributed by atoms with van der Waals surface area (Å²) < 4.78 is 0. The van der Waals surface area contributed by atoms with Crippen LogP contribution in [0.25, 0.3) is 0 Å². The summed E-state index contributed by atoms with van der Waals surface area (Å²) in [4.78, 5) is 168. The van der Waals surface area contributed by atoms with Gasteiger partial charge in [-0.25, -0.2) is 4.79 Å². The fourth-order valence-corrected chi connectivity index (χ4v) is 9.63. The molecule has 544 valence electrons. The summed E-state index contributed by atoms with van der Waals surface area (Å²) >= 11 is 0. The second kappa shape index (κ2) is 46.8. The Morgan fingerprint density at radius 2 is 0.812 bits per heavy atom. The third kappa shape index (κ3) is 34.0. The molecule has 0 heterocycles. The third-order valence-corrected chi connectivity index (χ3v) is 14.9. The van der Waals surface area contributed by atoms with Gasteiger partial charge in [-0.05, 0) is 128 Å². The average Bonchev–Trinajstić information content (AvgIpc) is 0.940. The molecule has 0 fully saturated rings. The highest BCUT2D eigenvalue weighted by molar-refractivity contribution is 5.99. The first-order chi connectivity index (χ1) is 45.3. The van der Waals surface area contributed by atoms with Crippen LogP contribution >= 0.6 is 0 Å². The number of hydrogen-bond acceptors (Lipinski definition) is 21. The maximum Gasteiger partial charge on any atom is 0.328 e. The Morgan fingerprint density at radius 1 is 0.427 bits per heavy atom. The number of aliphatic imine (C=N–C) groups is 1. The number of unbranched alkanes of at least 4 members (excludes halogenated alkanes) is 1. The number of carboxylic acid groups (broad SMARTS) is 1. The molecule has 0 aliphatic rings. The van der Waals surface area contributed by atoms with Crippen molar-refractivity contribution < 1.29 is 72.9 Å². The minimum Gasteiger partial charge on any atom is -0.480 e. The molecule has 0 aliphatic carbocycles. The van der Waals surface area contributed by atoms with Crippen molar-refractivity contribution in [3.05, 3.63) is 35.9 Å². The highest BCUT2D eigenvalue weighted by Crippen LogP contribution is 2.13. The van der Waals surface area contributed by atoms with Crippen LogP contribution in [0.3, 0.4) is 0 Å². The average molecular weight is 1360 g/mol. The third-order valence-electron chi connectivity index (χ3n) is 14.9. The summed E-state index contributed by atoms with van der Waals surface area (Å²) in [5.74, 6) is -11.2. The normalized spacial score (nSPS) is 15.3. The Balaban J connectivity index is 3.50. The number of hydrogen-bond donors (Lipinski definition) is 22. The molecule has 0 saturated heterocycles. The van der Waals surface area contributed by atoms with Crippen molar-refractivity contribution in [3.63, 3.8) is 0 Å². The number of nitrogens with zero attached hydrogens (tertiary/aromatic N) is 1. The highest BCUT2D eigenvalue weighted by atomic mass is 16.4. The van der Waals surface area contributed by atoms with E-state index in [1.165, 1.54) is 6.92 Å². The molecule has 13 atom stereocenters. The largest absolute Gasteiger partial charge is 0.480 e. The molecule has 0 unspecified atom stereocenters. The van der Waals surface area contributed by atoms with Crippen LogP contribution in [0.1, 0.15) is 131 Å². The van der Waals surface area contributed by atoms with E-state index < -0.39 is 150 Å². The Morgan fingerprint density at radius 3 is 1.23 bits per heavy atom. The van der Waals surface area contributed by atoms with Gasteiger partial charge in [0.15, 0.2) is 12.0 Å². The first-order valence-electron chi connectivity index (χ1n) is 32.6. The zero-order valence-electron chi connectivity index (χ0n) is 56.2. The first kappa shape index (κ1) is 85.8. The predicted molar refractivity (Wildman–Crippen MR) is 357 cm³/mol. The molecule has 0 bridgehead atoms. The van der Waals surface area contributed by atoms with E-state index in [1.807, 2.05) is 0 Å². The fraction of sp³-hybridized carbons (Fsp3) is 0.689. The van der Waals surface area contributed by atoms with Crippen LogP contribution in [0.4, 0.5) is 0 Å². The number of carbonyl (C=O) groups is 12. The number of amides is 11. The van der Waals surface area contributed by atoms with Crippen LogP contribution in [0.2, 0.25) is 0 Å². The number of nitrogens with one attached hydrogen (secondary N) is 11. The molecule has 1 aromatic rings. The lowest BCUT2D eigenvalue weighted by Gasteiger charge is -2.29. The standard InChI is InChI=1S/C61H110N20O15/c1-33(2)13-10-11-17-47(84)72-39(18-24-62)55(90)80-48(35(5)82)59(94)77-43(22-28-66)53(88)73-40(19-25-63)51(86)74-42(21-27-65)54(89)79-46(32-37-14-8-7-9-15-37)58(93)78-45(31-34(3)4)57(92)75-41(20-26-64)52(87)76-44(56(91)81-49(36(6)83)60(95)96)23-30-70-50(85)38(67)16-12-29-71-61(68)69/h7-9,14-15,33-36,38-46,48-49,82-83H,10-13,16-32,62-67H2,1-6H3,(H,70,85)(H,72,84)(H,73,88)(H,74,86)(H,75,92)(H,76,87)(H,77,94)(H,78,93)(H,79,89)(H,80,90)(H,81,91)(H,95,96)(H4,68,69,71)/t35-,36-,38+,39+,40+,41+,42+,43+,44+,45+,46-,48+,49+/m1/s1. The number of aliphatic hydroxyl groups excluding tert-OH is 2. The van der Waals surface area contributed by atoms with E-state index in [9.17, 15) is 72.9 Å². The molecule has 0 saturated carbocycles. The zero-order chi connectivity index (χ0) is 72.6. The van der Waals surface area contributed by atoms with Gasteiger partial charge in [-0.3, -0.25) is 57.7 Å². The number of guanidine groups is 1. The number of carbonyl (C=O) groups excluding carboxylic acids is 11. The van der Waals surface area contributed by atoms with Gasteiger partial charge in [0, 0.05) is 25.9 Å². The molecule has 11 amide bonds. The Labute approximate surface area is 560 Å². The van der Waals surface area contributed by atoms with Gasteiger partial charge in [0.1, 0.15) is 54.4 Å². The topological polar surface area (TPSA) is 618 Å². The summed E-state index contributed by atoms with van der Waals surface area (Å²) in [7, 11) is 0. The van der Waals surface area contributed by atoms with Gasteiger partial charge in [-0.2, -0.15) is 0 Å². The van der Waals surface area contributed by atoms with Crippen molar-refractivity contribution in [2.75, 3.05) is 45.8 Å². The Kier molecular flexibility index (Phi) is 41.9. The van der Waals surface area contributed by atoms with Gasteiger partial charge in [-0.15, -0.1) is 0 Å². The summed E-state index contributed by atoms with van der Waals surface area (Å²) in [5.41, 5.74) is 46.6. The zero-order valence-corrected chi connectivity index (χ0v) is 56.2. The van der Waals surface area contributed by atoms with Gasteiger partial charge in [0.05, 0.1) is 18.2 Å². The van der Waals surface area contributed by atoms with Gasteiger partial charge in [0.2, 0.25) is 65.0 Å². The summed E-state index contributed by atoms with van der Waals surface area (Å²) in [5, 5.41) is 58.2. The van der Waals surface area contributed by atoms with Crippen LogP contribution in [-0.4, -0.2) is 217 Å². The van der Waals surface area contributed by atoms with Gasteiger partial charge < -0.3 is 120 Å². The van der Waals surface area contributed by atoms with E-state index in [-0.39, 0.29) is 122 Å². The van der Waals surface area contributed by atoms with E-state index in [0.717, 1.165) is 19.8 Å². The van der Waals surface area contributed by atoms with Crippen LogP contribution < -0.4 is 104 Å². The molecule has 1 aromatic carbocycles. The molecule has 0 spiro atoms. The van der Waals surface area contributed by atoms with E-state index in [1.54, 1.807) is 44.2 Å². The lowest BCUT2D eigenvalue weighted by Crippen LogP contribution is -2.62. The first-order valence-corrected chi connectivity index (χ1v) is 32.6. The van der Waals surface area contributed by atoms with Crippen LogP contribution in [-0.2, 0) is 64.0 Å². The molecule has 96 heavy (non-hydrogen) atoms. The minimum absolute atomic E-state index is 0.000311. The van der Waals surface area contributed by atoms with E-state index in [4.69, 9.17) is 45.9 Å². The number of nitrogens with two attached hydrogens (primary N) is 8. The maximum atomic E-state index is 14.6.